The monoisotopic (exact) mass is 299 g/mol. The largest absolute Gasteiger partial charge is 0.491 e. The van der Waals surface area contributed by atoms with Gasteiger partial charge in [-0.25, -0.2) is 4.39 Å². The van der Waals surface area contributed by atoms with Gasteiger partial charge in [0.15, 0.2) is 17.2 Å². The first-order valence-corrected chi connectivity index (χ1v) is 5.60. The van der Waals surface area contributed by atoms with Gasteiger partial charge < -0.3 is 15.2 Å². The number of ether oxygens (including phenoxy) is 1. The van der Waals surface area contributed by atoms with Gasteiger partial charge in [-0.2, -0.15) is 17.6 Å². The number of anilines is 1. The van der Waals surface area contributed by atoms with E-state index in [2.05, 4.69) is 10.1 Å². The molecule has 0 spiro atoms. The van der Waals surface area contributed by atoms with Crippen molar-refractivity contribution in [3.63, 3.8) is 0 Å². The Morgan fingerprint density at radius 2 is 1.80 bits per heavy atom. The predicted octanol–water partition coefficient (Wildman–Crippen LogP) is 3.09. The van der Waals surface area contributed by atoms with Gasteiger partial charge in [0.25, 0.3) is 0 Å². The second-order valence-corrected chi connectivity index (χ2v) is 4.45. The van der Waals surface area contributed by atoms with Crippen LogP contribution in [0.5, 0.6) is 5.75 Å². The van der Waals surface area contributed by atoms with E-state index in [4.69, 9.17) is 0 Å². The zero-order chi connectivity index (χ0) is 15.7. The lowest BCUT2D eigenvalue weighted by molar-refractivity contribution is -0.256. The molecule has 0 aliphatic carbocycles. The zero-order valence-corrected chi connectivity index (χ0v) is 11.0. The van der Waals surface area contributed by atoms with E-state index >= 15 is 0 Å². The van der Waals surface area contributed by atoms with Crippen molar-refractivity contribution < 1.29 is 31.8 Å². The average Bonchev–Trinajstić information content (AvgIpc) is 2.32. The summed E-state index contributed by atoms with van der Waals surface area (Å²) in [5.41, 5.74) is -3.24. The summed E-state index contributed by atoms with van der Waals surface area (Å²) in [5, 5.41) is 11.7. The second-order valence-electron chi connectivity index (χ2n) is 4.45. The van der Waals surface area contributed by atoms with E-state index < -0.39 is 35.2 Å². The molecule has 114 valence electrons. The Kier molecular flexibility index (Phi) is 4.48. The Bertz CT molecular complexity index is 487. The number of nitrogens with one attached hydrogen (secondary N) is 1. The van der Waals surface area contributed by atoms with Gasteiger partial charge in [0.05, 0.1) is 18.8 Å². The van der Waals surface area contributed by atoms with Crippen LogP contribution in [-0.4, -0.2) is 30.0 Å². The summed E-state index contributed by atoms with van der Waals surface area (Å²) in [4.78, 5) is 0. The summed E-state index contributed by atoms with van der Waals surface area (Å²) in [7, 11) is 1.05. The molecule has 2 N–H and O–H groups in total. The highest BCUT2D eigenvalue weighted by Gasteiger charge is 2.53. The number of aliphatic hydroxyl groups is 1. The SMILES string of the molecule is COc1c(N[C@H](C)[C@@](C)(O)C(F)(F)F)ccc(F)c1F. The van der Waals surface area contributed by atoms with Crippen molar-refractivity contribution in [2.75, 3.05) is 12.4 Å². The van der Waals surface area contributed by atoms with Crippen LogP contribution in [0.1, 0.15) is 13.8 Å². The minimum atomic E-state index is -4.88. The zero-order valence-electron chi connectivity index (χ0n) is 11.0. The van der Waals surface area contributed by atoms with E-state index in [1.54, 1.807) is 0 Å². The summed E-state index contributed by atoms with van der Waals surface area (Å²) in [5.74, 6) is -3.08. The van der Waals surface area contributed by atoms with Crippen molar-refractivity contribution in [1.82, 2.24) is 0 Å². The number of rotatable bonds is 4. The van der Waals surface area contributed by atoms with Gasteiger partial charge >= 0.3 is 6.18 Å². The first-order chi connectivity index (χ1) is 9.02. The number of halogens is 5. The number of hydrogen-bond acceptors (Lipinski definition) is 3. The molecular weight excluding hydrogens is 285 g/mol. The van der Waals surface area contributed by atoms with Crippen molar-refractivity contribution in [3.05, 3.63) is 23.8 Å². The lowest BCUT2D eigenvalue weighted by Gasteiger charge is -2.33. The Labute approximate surface area is 112 Å². The van der Waals surface area contributed by atoms with E-state index in [9.17, 15) is 27.1 Å². The number of alkyl halides is 3. The molecule has 0 saturated heterocycles. The number of hydrogen-bond donors (Lipinski definition) is 2. The van der Waals surface area contributed by atoms with Crippen LogP contribution in [0.25, 0.3) is 0 Å². The van der Waals surface area contributed by atoms with Gasteiger partial charge in [-0.3, -0.25) is 0 Å². The molecule has 0 unspecified atom stereocenters. The molecule has 1 rings (SSSR count). The molecular formula is C12H14F5NO2. The molecule has 0 heterocycles. The number of benzene rings is 1. The minimum Gasteiger partial charge on any atom is -0.491 e. The number of methoxy groups -OCH3 is 1. The predicted molar refractivity (Wildman–Crippen MR) is 62.7 cm³/mol. The quantitative estimate of drug-likeness (QED) is 0.840. The summed E-state index contributed by atoms with van der Waals surface area (Å²) in [6.45, 7) is 1.64. The minimum absolute atomic E-state index is 0.191. The Morgan fingerprint density at radius 3 is 2.25 bits per heavy atom. The first kappa shape index (κ1) is 16.5. The summed E-state index contributed by atoms with van der Waals surface area (Å²) >= 11 is 0. The van der Waals surface area contributed by atoms with Crippen LogP contribution in [0.3, 0.4) is 0 Å². The molecule has 0 aromatic heterocycles. The second kappa shape index (κ2) is 5.43. The van der Waals surface area contributed by atoms with E-state index in [1.807, 2.05) is 0 Å². The van der Waals surface area contributed by atoms with Crippen LogP contribution in [0, 0.1) is 11.6 Å². The van der Waals surface area contributed by atoms with Gasteiger partial charge in [-0.15, -0.1) is 0 Å². The molecule has 0 fully saturated rings. The van der Waals surface area contributed by atoms with Crippen molar-refractivity contribution in [2.24, 2.45) is 0 Å². The Morgan fingerprint density at radius 1 is 1.25 bits per heavy atom. The van der Waals surface area contributed by atoms with Crippen LogP contribution < -0.4 is 10.1 Å². The standard InChI is InChI=1S/C12H14F5NO2/c1-6(11(2,19)12(15,16)17)18-8-5-4-7(13)9(14)10(8)20-3/h4-6,18-19H,1-3H3/t6-,11-/m1/s1. The molecule has 3 nitrogen and oxygen atoms in total. The van der Waals surface area contributed by atoms with Crippen LogP contribution >= 0.6 is 0 Å². The highest BCUT2D eigenvalue weighted by molar-refractivity contribution is 5.58. The summed E-state index contributed by atoms with van der Waals surface area (Å²) in [6, 6.07) is 0.261. The van der Waals surface area contributed by atoms with Gasteiger partial charge in [-0.05, 0) is 26.0 Å². The fraction of sp³-hybridized carbons (Fsp3) is 0.500. The van der Waals surface area contributed by atoms with E-state index in [0.717, 1.165) is 26.2 Å². The van der Waals surface area contributed by atoms with Gasteiger partial charge in [0.2, 0.25) is 5.82 Å². The molecule has 0 aliphatic rings. The molecule has 1 aromatic carbocycles. The maximum atomic E-state index is 13.4. The third-order valence-corrected chi connectivity index (χ3v) is 3.04. The lowest BCUT2D eigenvalue weighted by atomic mass is 9.97. The Hall–Kier alpha value is -1.57. The van der Waals surface area contributed by atoms with Crippen LogP contribution in [-0.2, 0) is 0 Å². The smallest absolute Gasteiger partial charge is 0.418 e. The average molecular weight is 299 g/mol. The molecule has 0 bridgehead atoms. The maximum absolute atomic E-state index is 13.4. The topological polar surface area (TPSA) is 41.5 Å². The third kappa shape index (κ3) is 2.95. The first-order valence-electron chi connectivity index (χ1n) is 5.60. The van der Waals surface area contributed by atoms with Gasteiger partial charge in [-0.1, -0.05) is 0 Å². The van der Waals surface area contributed by atoms with Crippen molar-refractivity contribution >= 4 is 5.69 Å². The highest BCUT2D eigenvalue weighted by Crippen LogP contribution is 2.36. The highest BCUT2D eigenvalue weighted by atomic mass is 19.4. The molecule has 8 heteroatoms. The van der Waals surface area contributed by atoms with Crippen molar-refractivity contribution in [3.8, 4) is 5.75 Å². The molecule has 2 atom stereocenters. The van der Waals surface area contributed by atoms with Crippen molar-refractivity contribution in [1.29, 1.82) is 0 Å². The lowest BCUT2D eigenvalue weighted by Crippen LogP contribution is -2.53. The molecule has 1 aromatic rings. The van der Waals surface area contributed by atoms with Gasteiger partial charge in [0, 0.05) is 0 Å². The normalized spacial score (nSPS) is 16.4. The molecule has 0 saturated carbocycles. The molecule has 0 amide bonds. The Balaban J connectivity index is 3.09. The maximum Gasteiger partial charge on any atom is 0.418 e. The fourth-order valence-corrected chi connectivity index (χ4v) is 1.46. The molecule has 0 radical (unpaired) electrons. The molecule has 20 heavy (non-hydrogen) atoms. The third-order valence-electron chi connectivity index (χ3n) is 3.04. The summed E-state index contributed by atoms with van der Waals surface area (Å²) in [6.07, 6.45) is -4.88. The van der Waals surface area contributed by atoms with Crippen LogP contribution in [0.15, 0.2) is 12.1 Å². The van der Waals surface area contributed by atoms with Crippen LogP contribution in [0.4, 0.5) is 27.6 Å². The molecule has 0 aliphatic heterocycles. The fourth-order valence-electron chi connectivity index (χ4n) is 1.46. The van der Waals surface area contributed by atoms with Crippen LogP contribution in [0.2, 0.25) is 0 Å². The van der Waals surface area contributed by atoms with Gasteiger partial charge in [0.1, 0.15) is 0 Å². The van der Waals surface area contributed by atoms with Crippen molar-refractivity contribution in [2.45, 2.75) is 31.7 Å². The van der Waals surface area contributed by atoms with E-state index in [0.29, 0.717) is 6.92 Å². The van der Waals surface area contributed by atoms with E-state index in [1.165, 1.54) is 0 Å². The van der Waals surface area contributed by atoms with E-state index in [-0.39, 0.29) is 5.69 Å². The summed E-state index contributed by atoms with van der Waals surface area (Å²) < 4.78 is 69.0.